The van der Waals surface area contributed by atoms with Gasteiger partial charge in [0.2, 0.25) is 11.8 Å². The molecule has 20 heavy (non-hydrogen) atoms. The van der Waals surface area contributed by atoms with Crippen molar-refractivity contribution in [3.63, 3.8) is 0 Å². The SMILES string of the molecule is CC1CCC(C(=O)NCCC(=O)NC(C)(C)C)CC1N. The lowest BCUT2D eigenvalue weighted by Gasteiger charge is -2.31. The van der Waals surface area contributed by atoms with Gasteiger partial charge in [-0.1, -0.05) is 6.92 Å². The van der Waals surface area contributed by atoms with Gasteiger partial charge in [-0.05, 0) is 46.0 Å². The predicted octanol–water partition coefficient (Wildman–Crippen LogP) is 1.17. The summed E-state index contributed by atoms with van der Waals surface area (Å²) in [5.74, 6) is 0.506. The van der Waals surface area contributed by atoms with E-state index >= 15 is 0 Å². The van der Waals surface area contributed by atoms with Crippen LogP contribution in [-0.2, 0) is 9.59 Å². The molecule has 0 bridgehead atoms. The number of amides is 2. The summed E-state index contributed by atoms with van der Waals surface area (Å²) in [4.78, 5) is 23.6. The number of hydrogen-bond donors (Lipinski definition) is 3. The molecule has 1 fully saturated rings. The average molecular weight is 283 g/mol. The fourth-order valence-electron chi connectivity index (χ4n) is 2.52. The van der Waals surface area contributed by atoms with Crippen molar-refractivity contribution in [1.29, 1.82) is 0 Å². The molecular weight excluding hydrogens is 254 g/mol. The maximum Gasteiger partial charge on any atom is 0.223 e. The molecule has 5 heteroatoms. The van der Waals surface area contributed by atoms with Gasteiger partial charge in [0.15, 0.2) is 0 Å². The number of rotatable bonds is 4. The van der Waals surface area contributed by atoms with Crippen molar-refractivity contribution in [2.24, 2.45) is 17.6 Å². The highest BCUT2D eigenvalue weighted by atomic mass is 16.2. The lowest BCUT2D eigenvalue weighted by atomic mass is 9.79. The van der Waals surface area contributed by atoms with Gasteiger partial charge in [-0.25, -0.2) is 0 Å². The fraction of sp³-hybridized carbons (Fsp3) is 0.867. The van der Waals surface area contributed by atoms with Gasteiger partial charge < -0.3 is 16.4 Å². The third-order valence-electron chi connectivity index (χ3n) is 3.79. The second-order valence-corrected chi connectivity index (χ2v) is 6.99. The van der Waals surface area contributed by atoms with Crippen LogP contribution < -0.4 is 16.4 Å². The second-order valence-electron chi connectivity index (χ2n) is 6.99. The Balaban J connectivity index is 2.25. The van der Waals surface area contributed by atoms with Gasteiger partial charge in [0.25, 0.3) is 0 Å². The van der Waals surface area contributed by atoms with Crippen LogP contribution in [0, 0.1) is 11.8 Å². The van der Waals surface area contributed by atoms with Crippen molar-refractivity contribution in [3.05, 3.63) is 0 Å². The third kappa shape index (κ3) is 5.90. The fourth-order valence-corrected chi connectivity index (χ4v) is 2.52. The zero-order valence-corrected chi connectivity index (χ0v) is 13.2. The summed E-state index contributed by atoms with van der Waals surface area (Å²) >= 11 is 0. The van der Waals surface area contributed by atoms with Crippen molar-refractivity contribution in [2.45, 2.75) is 65.0 Å². The minimum Gasteiger partial charge on any atom is -0.355 e. The summed E-state index contributed by atoms with van der Waals surface area (Å²) in [6, 6.07) is 0.115. The van der Waals surface area contributed by atoms with Crippen molar-refractivity contribution in [1.82, 2.24) is 10.6 Å². The number of carbonyl (C=O) groups excluding carboxylic acids is 2. The third-order valence-corrected chi connectivity index (χ3v) is 3.79. The number of nitrogens with one attached hydrogen (secondary N) is 2. The quantitative estimate of drug-likeness (QED) is 0.724. The molecule has 1 aliphatic carbocycles. The number of hydrogen-bond acceptors (Lipinski definition) is 3. The van der Waals surface area contributed by atoms with E-state index in [-0.39, 0.29) is 29.3 Å². The summed E-state index contributed by atoms with van der Waals surface area (Å²) in [5.41, 5.74) is 5.78. The van der Waals surface area contributed by atoms with Crippen LogP contribution >= 0.6 is 0 Å². The Labute approximate surface area is 122 Å². The van der Waals surface area contributed by atoms with Gasteiger partial charge in [-0.2, -0.15) is 0 Å². The number of carbonyl (C=O) groups is 2. The summed E-state index contributed by atoms with van der Waals surface area (Å²) in [6.45, 7) is 8.34. The Bertz CT molecular complexity index is 350. The molecule has 0 heterocycles. The van der Waals surface area contributed by atoms with Crippen molar-refractivity contribution in [2.75, 3.05) is 6.54 Å². The van der Waals surface area contributed by atoms with Crippen molar-refractivity contribution >= 4 is 11.8 Å². The van der Waals surface area contributed by atoms with Gasteiger partial charge in [0.05, 0.1) is 0 Å². The highest BCUT2D eigenvalue weighted by Gasteiger charge is 2.29. The van der Waals surface area contributed by atoms with E-state index < -0.39 is 0 Å². The second kappa shape index (κ2) is 7.07. The minimum atomic E-state index is -0.229. The van der Waals surface area contributed by atoms with Gasteiger partial charge in [0, 0.05) is 30.5 Å². The largest absolute Gasteiger partial charge is 0.355 e. The van der Waals surface area contributed by atoms with Gasteiger partial charge in [-0.3, -0.25) is 9.59 Å². The van der Waals surface area contributed by atoms with E-state index in [0.717, 1.165) is 19.3 Å². The molecule has 0 radical (unpaired) electrons. The van der Waals surface area contributed by atoms with Crippen LogP contribution in [0.2, 0.25) is 0 Å². The molecular formula is C15H29N3O2. The molecule has 0 aromatic carbocycles. The molecule has 1 saturated carbocycles. The molecule has 3 unspecified atom stereocenters. The van der Waals surface area contributed by atoms with Crippen molar-refractivity contribution in [3.8, 4) is 0 Å². The number of nitrogens with two attached hydrogens (primary N) is 1. The van der Waals surface area contributed by atoms with Gasteiger partial charge >= 0.3 is 0 Å². The van der Waals surface area contributed by atoms with Crippen LogP contribution in [0.25, 0.3) is 0 Å². The Morgan fingerprint density at radius 1 is 1.25 bits per heavy atom. The van der Waals surface area contributed by atoms with Crippen LogP contribution in [0.15, 0.2) is 0 Å². The predicted molar refractivity (Wildman–Crippen MR) is 80.0 cm³/mol. The van der Waals surface area contributed by atoms with Gasteiger partial charge in [0.1, 0.15) is 0 Å². The Morgan fingerprint density at radius 2 is 1.90 bits per heavy atom. The molecule has 1 aliphatic rings. The Hall–Kier alpha value is -1.10. The summed E-state index contributed by atoms with van der Waals surface area (Å²) in [6.07, 6.45) is 2.97. The van der Waals surface area contributed by atoms with E-state index in [1.54, 1.807) is 0 Å². The zero-order chi connectivity index (χ0) is 15.3. The molecule has 3 atom stereocenters. The minimum absolute atomic E-state index is 0.00637. The van der Waals surface area contributed by atoms with Gasteiger partial charge in [-0.15, -0.1) is 0 Å². The van der Waals surface area contributed by atoms with E-state index in [4.69, 9.17) is 5.73 Å². The maximum atomic E-state index is 12.0. The topological polar surface area (TPSA) is 84.2 Å². The van der Waals surface area contributed by atoms with Crippen LogP contribution in [0.3, 0.4) is 0 Å². The van der Waals surface area contributed by atoms with Crippen LogP contribution in [0.5, 0.6) is 0 Å². The molecule has 0 aromatic heterocycles. The standard InChI is InChI=1S/C15H29N3O2/c1-10-5-6-11(9-12(10)16)14(20)17-8-7-13(19)18-15(2,3)4/h10-12H,5-9,16H2,1-4H3,(H,17,20)(H,18,19). The highest BCUT2D eigenvalue weighted by Crippen LogP contribution is 2.27. The first-order valence-corrected chi connectivity index (χ1v) is 7.53. The molecule has 1 rings (SSSR count). The molecule has 0 saturated heterocycles. The zero-order valence-electron chi connectivity index (χ0n) is 13.2. The lowest BCUT2D eigenvalue weighted by molar-refractivity contribution is -0.126. The van der Waals surface area contributed by atoms with E-state index in [0.29, 0.717) is 18.9 Å². The first-order chi connectivity index (χ1) is 9.19. The molecule has 0 aliphatic heterocycles. The maximum absolute atomic E-state index is 12.0. The monoisotopic (exact) mass is 283 g/mol. The van der Waals surface area contributed by atoms with Crippen molar-refractivity contribution < 1.29 is 9.59 Å². The summed E-state index contributed by atoms with van der Waals surface area (Å²) in [5, 5.41) is 5.72. The Morgan fingerprint density at radius 3 is 2.45 bits per heavy atom. The lowest BCUT2D eigenvalue weighted by Crippen LogP contribution is -2.44. The molecule has 2 amide bonds. The Kier molecular flexibility index (Phi) is 5.99. The first kappa shape index (κ1) is 17.0. The smallest absolute Gasteiger partial charge is 0.223 e. The van der Waals surface area contributed by atoms with E-state index in [2.05, 4.69) is 17.6 Å². The van der Waals surface area contributed by atoms with E-state index in [1.807, 2.05) is 20.8 Å². The molecule has 0 aromatic rings. The van der Waals surface area contributed by atoms with Crippen LogP contribution in [0.4, 0.5) is 0 Å². The molecule has 116 valence electrons. The molecule has 5 nitrogen and oxygen atoms in total. The highest BCUT2D eigenvalue weighted by molar-refractivity contribution is 5.80. The van der Waals surface area contributed by atoms with E-state index in [1.165, 1.54) is 0 Å². The summed E-state index contributed by atoms with van der Waals surface area (Å²) < 4.78 is 0. The molecule has 4 N–H and O–H groups in total. The first-order valence-electron chi connectivity index (χ1n) is 7.53. The normalized spacial score (nSPS) is 26.9. The average Bonchev–Trinajstić information content (AvgIpc) is 2.30. The van der Waals surface area contributed by atoms with Crippen LogP contribution in [-0.4, -0.2) is 29.9 Å². The van der Waals surface area contributed by atoms with Crippen LogP contribution in [0.1, 0.15) is 53.4 Å². The van der Waals surface area contributed by atoms with E-state index in [9.17, 15) is 9.59 Å². The molecule has 0 spiro atoms. The summed E-state index contributed by atoms with van der Waals surface area (Å²) in [7, 11) is 0.